The standard InChI is InChI=1S/C25H24N2O3/c1-16(18-5-3-2-4-6-18)30-25-21(13-17(14-22(25)26)7-10-24(28)29)19-8-9-23-20(15-19)11-12-27-23/h2-6,8-9,11-16,27H,7,10,26H2,1H3,(H,28,29). The number of hydrogen-bond donors (Lipinski definition) is 3. The van der Waals surface area contributed by atoms with Crippen molar-refractivity contribution in [3.8, 4) is 16.9 Å². The van der Waals surface area contributed by atoms with Crippen molar-refractivity contribution in [2.75, 3.05) is 5.73 Å². The van der Waals surface area contributed by atoms with Crippen LogP contribution in [-0.4, -0.2) is 16.1 Å². The maximum absolute atomic E-state index is 11.0. The van der Waals surface area contributed by atoms with E-state index < -0.39 is 5.97 Å². The summed E-state index contributed by atoms with van der Waals surface area (Å²) in [6.07, 6.45) is 2.18. The molecule has 0 spiro atoms. The topological polar surface area (TPSA) is 88.3 Å². The highest BCUT2D eigenvalue weighted by molar-refractivity contribution is 5.88. The largest absolute Gasteiger partial charge is 0.483 e. The lowest BCUT2D eigenvalue weighted by atomic mass is 9.97. The minimum atomic E-state index is -0.832. The van der Waals surface area contributed by atoms with E-state index in [1.54, 1.807) is 0 Å². The number of carbonyl (C=O) groups is 1. The molecule has 3 aromatic carbocycles. The Bertz CT molecular complexity index is 1180. The molecule has 0 aliphatic rings. The highest BCUT2D eigenvalue weighted by atomic mass is 16.5. The summed E-state index contributed by atoms with van der Waals surface area (Å²) in [5.74, 6) is -0.220. The molecule has 4 aromatic rings. The second kappa shape index (κ2) is 8.33. The summed E-state index contributed by atoms with van der Waals surface area (Å²) in [5.41, 5.74) is 11.7. The van der Waals surface area contributed by atoms with Crippen LogP contribution in [0.15, 0.2) is 72.9 Å². The quantitative estimate of drug-likeness (QED) is 0.354. The second-order valence-electron chi connectivity index (χ2n) is 7.41. The van der Waals surface area contributed by atoms with Gasteiger partial charge in [0, 0.05) is 23.7 Å². The van der Waals surface area contributed by atoms with Gasteiger partial charge in [-0.2, -0.15) is 0 Å². The van der Waals surface area contributed by atoms with Crippen LogP contribution in [0.3, 0.4) is 0 Å². The van der Waals surface area contributed by atoms with Crippen molar-refractivity contribution < 1.29 is 14.6 Å². The molecule has 0 aliphatic carbocycles. The highest BCUT2D eigenvalue weighted by Gasteiger charge is 2.17. The van der Waals surface area contributed by atoms with Crippen LogP contribution in [0.25, 0.3) is 22.0 Å². The molecule has 4 rings (SSSR count). The van der Waals surface area contributed by atoms with E-state index in [0.717, 1.165) is 33.2 Å². The average molecular weight is 400 g/mol. The first kappa shape index (κ1) is 19.6. The normalized spacial score (nSPS) is 12.0. The number of rotatable bonds is 7. The van der Waals surface area contributed by atoms with Gasteiger partial charge in [-0.05, 0) is 65.8 Å². The molecule has 0 bridgehead atoms. The number of hydrogen-bond acceptors (Lipinski definition) is 3. The average Bonchev–Trinajstić information content (AvgIpc) is 3.22. The van der Waals surface area contributed by atoms with Crippen molar-refractivity contribution in [1.82, 2.24) is 4.98 Å². The lowest BCUT2D eigenvalue weighted by Crippen LogP contribution is -2.07. The Morgan fingerprint density at radius 3 is 2.67 bits per heavy atom. The Balaban J connectivity index is 1.77. The van der Waals surface area contributed by atoms with Gasteiger partial charge in [0.15, 0.2) is 5.75 Å². The molecule has 30 heavy (non-hydrogen) atoms. The molecule has 5 nitrogen and oxygen atoms in total. The fraction of sp³-hybridized carbons (Fsp3) is 0.160. The van der Waals surface area contributed by atoms with Crippen LogP contribution in [0.5, 0.6) is 5.75 Å². The van der Waals surface area contributed by atoms with Crippen LogP contribution in [0, 0.1) is 0 Å². The van der Waals surface area contributed by atoms with Gasteiger partial charge in [-0.25, -0.2) is 0 Å². The smallest absolute Gasteiger partial charge is 0.303 e. The van der Waals surface area contributed by atoms with Crippen LogP contribution < -0.4 is 10.5 Å². The van der Waals surface area contributed by atoms with Gasteiger partial charge in [-0.3, -0.25) is 4.79 Å². The van der Waals surface area contributed by atoms with Crippen molar-refractivity contribution in [2.24, 2.45) is 0 Å². The van der Waals surface area contributed by atoms with E-state index in [1.165, 1.54) is 0 Å². The molecule has 0 aliphatic heterocycles. The van der Waals surface area contributed by atoms with Crippen LogP contribution >= 0.6 is 0 Å². The lowest BCUT2D eigenvalue weighted by molar-refractivity contribution is -0.136. The van der Waals surface area contributed by atoms with Crippen LogP contribution in [0.4, 0.5) is 5.69 Å². The molecule has 0 saturated heterocycles. The Hall–Kier alpha value is -3.73. The number of aromatic nitrogens is 1. The van der Waals surface area contributed by atoms with Crippen molar-refractivity contribution in [2.45, 2.75) is 25.9 Å². The van der Waals surface area contributed by atoms with Crippen molar-refractivity contribution in [3.63, 3.8) is 0 Å². The monoisotopic (exact) mass is 400 g/mol. The third-order valence-electron chi connectivity index (χ3n) is 5.23. The minimum absolute atomic E-state index is 0.0519. The molecule has 1 unspecified atom stereocenters. The van der Waals surface area contributed by atoms with E-state index in [9.17, 15) is 4.79 Å². The number of carboxylic acid groups (broad SMARTS) is 1. The predicted octanol–water partition coefficient (Wildman–Crippen LogP) is 5.57. The molecule has 1 heterocycles. The summed E-state index contributed by atoms with van der Waals surface area (Å²) >= 11 is 0. The van der Waals surface area contributed by atoms with E-state index in [0.29, 0.717) is 17.9 Å². The van der Waals surface area contributed by atoms with Crippen LogP contribution in [0.1, 0.15) is 30.6 Å². The Kier molecular flexibility index (Phi) is 5.44. The molecule has 1 aromatic heterocycles. The molecule has 152 valence electrons. The van der Waals surface area contributed by atoms with Gasteiger partial charge >= 0.3 is 5.97 Å². The van der Waals surface area contributed by atoms with Gasteiger partial charge in [0.2, 0.25) is 0 Å². The molecule has 0 saturated carbocycles. The van der Waals surface area contributed by atoms with Gasteiger partial charge in [0.05, 0.1) is 5.69 Å². The predicted molar refractivity (Wildman–Crippen MR) is 120 cm³/mol. The number of fused-ring (bicyclic) bond motifs is 1. The van der Waals surface area contributed by atoms with Gasteiger partial charge in [-0.15, -0.1) is 0 Å². The van der Waals surface area contributed by atoms with E-state index in [-0.39, 0.29) is 12.5 Å². The molecule has 1 atom stereocenters. The first-order valence-electron chi connectivity index (χ1n) is 9.94. The number of nitrogens with one attached hydrogen (secondary N) is 1. The lowest BCUT2D eigenvalue weighted by Gasteiger charge is -2.21. The van der Waals surface area contributed by atoms with Crippen molar-refractivity contribution in [1.29, 1.82) is 0 Å². The number of carboxylic acids is 1. The molecule has 4 N–H and O–H groups in total. The minimum Gasteiger partial charge on any atom is -0.483 e. The fourth-order valence-electron chi connectivity index (χ4n) is 3.64. The molecular formula is C25H24N2O3. The number of ether oxygens (including phenoxy) is 1. The van der Waals surface area contributed by atoms with Gasteiger partial charge in [-0.1, -0.05) is 36.4 Å². The molecule has 0 radical (unpaired) electrons. The summed E-state index contributed by atoms with van der Waals surface area (Å²) < 4.78 is 6.34. The molecule has 0 amide bonds. The van der Waals surface area contributed by atoms with Gasteiger partial charge < -0.3 is 20.6 Å². The summed E-state index contributed by atoms with van der Waals surface area (Å²) in [5, 5.41) is 10.2. The van der Waals surface area contributed by atoms with Crippen molar-refractivity contribution >= 4 is 22.6 Å². The first-order valence-corrected chi connectivity index (χ1v) is 9.94. The van der Waals surface area contributed by atoms with Crippen LogP contribution in [-0.2, 0) is 11.2 Å². The van der Waals surface area contributed by atoms with E-state index in [2.05, 4.69) is 11.1 Å². The first-order chi connectivity index (χ1) is 14.5. The van der Waals surface area contributed by atoms with Gasteiger partial charge in [0.1, 0.15) is 6.10 Å². The maximum atomic E-state index is 11.0. The Morgan fingerprint density at radius 1 is 1.10 bits per heavy atom. The SMILES string of the molecule is CC(Oc1c(N)cc(CCC(=O)O)cc1-c1ccc2[nH]ccc2c1)c1ccccc1. The second-order valence-corrected chi connectivity index (χ2v) is 7.41. The third-order valence-corrected chi connectivity index (χ3v) is 5.23. The summed E-state index contributed by atoms with van der Waals surface area (Å²) in [6, 6.07) is 21.9. The summed E-state index contributed by atoms with van der Waals surface area (Å²) in [4.78, 5) is 14.2. The Morgan fingerprint density at radius 2 is 1.90 bits per heavy atom. The van der Waals surface area contributed by atoms with E-state index >= 15 is 0 Å². The summed E-state index contributed by atoms with van der Waals surface area (Å²) in [6.45, 7) is 1.99. The molecule has 5 heteroatoms. The van der Waals surface area contributed by atoms with E-state index in [1.807, 2.05) is 73.8 Å². The maximum Gasteiger partial charge on any atom is 0.303 e. The number of aromatic amines is 1. The number of aryl methyl sites for hydroxylation is 1. The number of nitrogen functional groups attached to an aromatic ring is 1. The number of anilines is 1. The molecule has 0 fully saturated rings. The fourth-order valence-corrected chi connectivity index (χ4v) is 3.64. The number of aliphatic carboxylic acids is 1. The van der Waals surface area contributed by atoms with Crippen LogP contribution in [0.2, 0.25) is 0 Å². The zero-order chi connectivity index (χ0) is 21.1. The zero-order valence-corrected chi connectivity index (χ0v) is 16.8. The van der Waals surface area contributed by atoms with Crippen molar-refractivity contribution in [3.05, 3.63) is 84.1 Å². The Labute approximate surface area is 175 Å². The van der Waals surface area contributed by atoms with Gasteiger partial charge in [0.25, 0.3) is 0 Å². The number of benzene rings is 3. The zero-order valence-electron chi connectivity index (χ0n) is 16.8. The summed E-state index contributed by atoms with van der Waals surface area (Å²) in [7, 11) is 0. The number of H-pyrrole nitrogens is 1. The molecular weight excluding hydrogens is 376 g/mol. The number of nitrogens with two attached hydrogens (primary N) is 1. The third kappa shape index (κ3) is 4.15. The highest BCUT2D eigenvalue weighted by Crippen LogP contribution is 2.40. The van der Waals surface area contributed by atoms with E-state index in [4.69, 9.17) is 15.6 Å².